The van der Waals surface area contributed by atoms with Crippen molar-refractivity contribution in [1.82, 2.24) is 0 Å². The molecule has 20 heteroatoms. The van der Waals surface area contributed by atoms with Crippen molar-refractivity contribution in [1.29, 1.82) is 0 Å². The highest BCUT2D eigenvalue weighted by Gasteiger charge is 2.19. The van der Waals surface area contributed by atoms with Crippen LogP contribution in [0.25, 0.3) is 0 Å². The van der Waals surface area contributed by atoms with Gasteiger partial charge >= 0.3 is 47.8 Å². The first-order chi connectivity index (χ1) is 53.2. The highest BCUT2D eigenvalue weighted by Crippen LogP contribution is 2.31. The van der Waals surface area contributed by atoms with Crippen molar-refractivity contribution < 1.29 is 95.2 Å². The summed E-state index contributed by atoms with van der Waals surface area (Å²) in [6.45, 7) is 17.2. The Morgan fingerprint density at radius 3 is 0.670 bits per heavy atom. The van der Waals surface area contributed by atoms with Gasteiger partial charge in [0.1, 0.15) is 46.0 Å². The predicted octanol–water partition coefficient (Wildman–Crippen LogP) is 19.3. The minimum Gasteiger partial charge on any atom is -0.494 e. The number of rotatable bonds is 58. The first-order valence-electron chi connectivity index (χ1n) is 38.5. The minimum absolute atomic E-state index is 0.296. The van der Waals surface area contributed by atoms with Gasteiger partial charge in [-0.1, -0.05) is 135 Å². The summed E-state index contributed by atoms with van der Waals surface area (Å²) < 4.78 is 67.8. The van der Waals surface area contributed by atoms with E-state index in [0.717, 1.165) is 198 Å². The van der Waals surface area contributed by atoms with E-state index in [-0.39, 0.29) is 0 Å². The predicted molar refractivity (Wildman–Crippen MR) is 417 cm³/mol. The van der Waals surface area contributed by atoms with E-state index in [1.807, 2.05) is 0 Å². The van der Waals surface area contributed by atoms with Crippen molar-refractivity contribution in [2.24, 2.45) is 0 Å². The fraction of sp³-hybridized carbons (Fsp3) is 0.416. The van der Waals surface area contributed by atoms with E-state index < -0.39 is 47.8 Å². The lowest BCUT2D eigenvalue weighted by Crippen LogP contribution is -2.11. The maximum absolute atomic E-state index is 13.7. The number of aryl methyl sites for hydroxylation is 2. The monoisotopic (exact) mass is 1500 g/mol. The first kappa shape index (κ1) is 87.2. The summed E-state index contributed by atoms with van der Waals surface area (Å²) >= 11 is 0. The molecule has 6 rings (SSSR count). The average molecular weight is 1500 g/mol. The number of ether oxygens (including phenoxy) is 12. The molecule has 0 aromatic heterocycles. The van der Waals surface area contributed by atoms with Gasteiger partial charge in [-0.25, -0.2) is 38.4 Å². The molecule has 20 nitrogen and oxygen atoms in total. The van der Waals surface area contributed by atoms with E-state index in [2.05, 4.69) is 26.3 Å². The molecule has 0 saturated heterocycles. The normalized spacial score (nSPS) is 10.7. The molecule has 584 valence electrons. The van der Waals surface area contributed by atoms with Crippen molar-refractivity contribution in [3.63, 3.8) is 0 Å². The lowest BCUT2D eigenvalue weighted by atomic mass is 10.0. The van der Waals surface area contributed by atoms with Gasteiger partial charge in [-0.05, 0) is 222 Å². The van der Waals surface area contributed by atoms with Gasteiger partial charge in [-0.2, -0.15) is 0 Å². The largest absolute Gasteiger partial charge is 0.494 e. The zero-order valence-corrected chi connectivity index (χ0v) is 63.2. The minimum atomic E-state index is -0.559. The van der Waals surface area contributed by atoms with Crippen LogP contribution < -0.4 is 37.9 Å². The molecule has 0 saturated carbocycles. The average Bonchev–Trinajstić information content (AvgIpc) is 0.780. The standard InChI is InChI=1S/C89H108O20/c1-5-82(90)102-62-32-22-12-18-28-58-98-74-46-38-68(39-47-74)86(94)106-78-54-56-80(108-88(96)70-42-50-76(51-43-70)100-60-30-20-14-24-34-64-104-84(92)7-3)72(66-78)36-26-16-10-9-11-17-27-37-73-67-79(107-87(95)69-40-48-75(49-41-69)99-59-29-19-13-23-33-63-103-83(91)6-2)55-57-81(73)109-89(97)71-44-52-77(53-45-71)101-61-31-21-15-25-35-65-105-85(93)8-4/h5-8,38-57,66-67H,1-4,9-37,58-65H2. The van der Waals surface area contributed by atoms with Crippen molar-refractivity contribution in [2.45, 2.75) is 186 Å². The molecule has 0 aliphatic rings. The Morgan fingerprint density at radius 1 is 0.229 bits per heavy atom. The molecule has 0 spiro atoms. The van der Waals surface area contributed by atoms with Crippen LogP contribution in [0.3, 0.4) is 0 Å². The topological polar surface area (TPSA) is 247 Å². The van der Waals surface area contributed by atoms with E-state index in [4.69, 9.17) is 56.8 Å². The Bertz CT molecular complexity index is 3520. The third kappa shape index (κ3) is 36.6. The molecule has 0 heterocycles. The maximum atomic E-state index is 13.7. The van der Waals surface area contributed by atoms with E-state index >= 15 is 0 Å². The molecule has 0 unspecified atom stereocenters. The van der Waals surface area contributed by atoms with Crippen molar-refractivity contribution >= 4 is 47.8 Å². The van der Waals surface area contributed by atoms with E-state index in [1.54, 1.807) is 133 Å². The van der Waals surface area contributed by atoms with Crippen LogP contribution in [-0.4, -0.2) is 101 Å². The van der Waals surface area contributed by atoms with Gasteiger partial charge in [0.05, 0.1) is 75.1 Å². The molecule has 6 aromatic carbocycles. The Hall–Kier alpha value is -10.8. The molecule has 0 fully saturated rings. The number of carbonyl (C=O) groups is 8. The fourth-order valence-corrected chi connectivity index (χ4v) is 11.4. The third-order valence-corrected chi connectivity index (χ3v) is 17.5. The smallest absolute Gasteiger partial charge is 0.343 e. The second kappa shape index (κ2) is 53.1. The van der Waals surface area contributed by atoms with E-state index in [0.29, 0.717) is 145 Å². The Balaban J connectivity index is 1.02. The van der Waals surface area contributed by atoms with Crippen molar-refractivity contribution in [3.8, 4) is 46.0 Å². The van der Waals surface area contributed by atoms with Gasteiger partial charge in [0.15, 0.2) is 0 Å². The number of benzene rings is 6. The number of esters is 8. The first-order valence-corrected chi connectivity index (χ1v) is 38.5. The van der Waals surface area contributed by atoms with Gasteiger partial charge in [0.25, 0.3) is 0 Å². The number of hydrogen-bond donors (Lipinski definition) is 0. The van der Waals surface area contributed by atoms with Gasteiger partial charge in [0.2, 0.25) is 0 Å². The second-order valence-corrected chi connectivity index (χ2v) is 26.1. The van der Waals surface area contributed by atoms with Crippen LogP contribution in [0.1, 0.15) is 226 Å². The summed E-state index contributed by atoms with van der Waals surface area (Å²) in [5.41, 5.74) is 2.74. The molecule has 0 atom stereocenters. The molecule has 0 amide bonds. The summed E-state index contributed by atoms with van der Waals surface area (Å²) in [5, 5.41) is 0. The van der Waals surface area contributed by atoms with Gasteiger partial charge in [0, 0.05) is 24.3 Å². The molecule has 0 N–H and O–H groups in total. The molecule has 0 aliphatic heterocycles. The van der Waals surface area contributed by atoms with Crippen LogP contribution in [0.4, 0.5) is 0 Å². The molecule has 109 heavy (non-hydrogen) atoms. The molecular weight excluding hydrogens is 1390 g/mol. The fourth-order valence-electron chi connectivity index (χ4n) is 11.4. The zero-order chi connectivity index (χ0) is 77.7. The highest BCUT2D eigenvalue weighted by atomic mass is 16.6. The zero-order valence-electron chi connectivity index (χ0n) is 63.2. The second-order valence-electron chi connectivity index (χ2n) is 26.1. The van der Waals surface area contributed by atoms with Gasteiger partial charge < -0.3 is 56.8 Å². The lowest BCUT2D eigenvalue weighted by molar-refractivity contribution is -0.138. The number of unbranched alkanes of at least 4 members (excludes halogenated alkanes) is 22. The highest BCUT2D eigenvalue weighted by molar-refractivity contribution is 5.94. The number of hydrogen-bond acceptors (Lipinski definition) is 20. The summed E-state index contributed by atoms with van der Waals surface area (Å²) in [6.07, 6.45) is 29.8. The third-order valence-electron chi connectivity index (χ3n) is 17.5. The van der Waals surface area contributed by atoms with Crippen LogP contribution in [0.5, 0.6) is 46.0 Å². The van der Waals surface area contributed by atoms with Crippen LogP contribution >= 0.6 is 0 Å². The van der Waals surface area contributed by atoms with Crippen LogP contribution in [-0.2, 0) is 51.0 Å². The Kier molecular flexibility index (Phi) is 42.5. The Labute approximate surface area is 642 Å². The van der Waals surface area contributed by atoms with Crippen LogP contribution in [0, 0.1) is 0 Å². The van der Waals surface area contributed by atoms with E-state index in [1.165, 1.54) is 0 Å². The summed E-state index contributed by atoms with van der Waals surface area (Å²) in [5.74, 6) is -0.0823. The summed E-state index contributed by atoms with van der Waals surface area (Å²) in [7, 11) is 0. The quantitative estimate of drug-likeness (QED) is 0.0113. The van der Waals surface area contributed by atoms with Crippen molar-refractivity contribution in [3.05, 3.63) is 217 Å². The van der Waals surface area contributed by atoms with Crippen LogP contribution in [0.15, 0.2) is 184 Å². The van der Waals surface area contributed by atoms with Gasteiger partial charge in [-0.15, -0.1) is 0 Å². The summed E-state index contributed by atoms with van der Waals surface area (Å²) in [4.78, 5) is 99.5. The molecule has 0 aliphatic carbocycles. The molecule has 0 radical (unpaired) electrons. The van der Waals surface area contributed by atoms with E-state index in [9.17, 15) is 38.4 Å². The Morgan fingerprint density at radius 2 is 0.431 bits per heavy atom. The number of carbonyl (C=O) groups excluding carboxylic acids is 8. The molecule has 0 bridgehead atoms. The SMILES string of the molecule is C=CC(=O)OCCCCCCCOc1ccc(C(=O)Oc2ccc(OC(=O)c3ccc(OCCCCCCCOC(=O)C=C)cc3)c(CCCCCCCCCc3cc(OC(=O)c4ccc(OCCCCCCCOC(=O)C=C)cc4)ccc3OC(=O)c3ccc(OCCCCCCCOC(=O)C=C)cc3)c2)cc1. The summed E-state index contributed by atoms with van der Waals surface area (Å²) in [6, 6.07) is 37.2. The molecule has 6 aromatic rings. The molecular formula is C89H108O20. The maximum Gasteiger partial charge on any atom is 0.343 e. The van der Waals surface area contributed by atoms with Crippen LogP contribution in [0.2, 0.25) is 0 Å². The lowest BCUT2D eigenvalue weighted by Gasteiger charge is -2.14. The van der Waals surface area contributed by atoms with Gasteiger partial charge in [-0.3, -0.25) is 0 Å². The van der Waals surface area contributed by atoms with Crippen molar-refractivity contribution in [2.75, 3.05) is 52.9 Å².